The molecule has 1 rings (SSSR count). The van der Waals surface area contributed by atoms with Gasteiger partial charge in [-0.05, 0) is 70.6 Å². The maximum atomic E-state index is 11.7. The lowest BCUT2D eigenvalue weighted by molar-refractivity contribution is -0.132. The highest BCUT2D eigenvalue weighted by Gasteiger charge is 2.16. The number of ether oxygens (including phenoxy) is 2. The van der Waals surface area contributed by atoms with E-state index in [0.29, 0.717) is 17.9 Å². The predicted octanol–water partition coefficient (Wildman–Crippen LogP) is 6.51. The number of carbonyl (C=O) groups is 2. The van der Waals surface area contributed by atoms with Crippen LogP contribution in [0.15, 0.2) is 35.4 Å². The molecule has 0 atom stereocenters. The molecule has 4 heteroatoms. The summed E-state index contributed by atoms with van der Waals surface area (Å²) >= 11 is 0. The molecule has 0 bridgehead atoms. The minimum absolute atomic E-state index is 0.380. The molecule has 0 N–H and O–H groups in total. The van der Waals surface area contributed by atoms with Crippen molar-refractivity contribution in [1.29, 1.82) is 0 Å². The Morgan fingerprint density at radius 3 is 1.97 bits per heavy atom. The zero-order chi connectivity index (χ0) is 21.8. The summed E-state index contributed by atoms with van der Waals surface area (Å²) in [4.78, 5) is 23.3. The van der Waals surface area contributed by atoms with Gasteiger partial charge in [0.15, 0.2) is 0 Å². The van der Waals surface area contributed by atoms with E-state index in [1.54, 1.807) is 0 Å². The molecule has 1 aromatic rings. The summed E-state index contributed by atoms with van der Waals surface area (Å²) in [5.41, 5.74) is 4.30. The fraction of sp³-hybridized carbons (Fsp3) is 0.520. The Kier molecular flexibility index (Phi) is 11.0. The highest BCUT2D eigenvalue weighted by molar-refractivity contribution is 5.73. The maximum Gasteiger partial charge on any atom is 0.308 e. The second-order valence-corrected chi connectivity index (χ2v) is 7.79. The van der Waals surface area contributed by atoms with Crippen LogP contribution >= 0.6 is 0 Å². The van der Waals surface area contributed by atoms with Crippen LogP contribution in [0.4, 0.5) is 0 Å². The molecule has 0 unspecified atom stereocenters. The topological polar surface area (TPSA) is 52.6 Å². The van der Waals surface area contributed by atoms with Gasteiger partial charge in [-0.2, -0.15) is 0 Å². The van der Waals surface area contributed by atoms with Crippen LogP contribution in [0.25, 0.3) is 0 Å². The van der Waals surface area contributed by atoms with E-state index in [1.165, 1.54) is 25.0 Å². The number of allylic oxidation sites excluding steroid dienone is 4. The Bertz CT molecular complexity index is 715. The zero-order valence-corrected chi connectivity index (χ0v) is 18.9. The standard InChI is InChI=1S/C25H36O4/c1-7-8-9-13-22-16-24(28-20(5)26)23(25(17-22)29-21(6)27)15-14-19(4)12-10-11-18(2)3/h11,14,16-17H,7-10,12-13,15H2,1-6H3/b19-14+. The average molecular weight is 401 g/mol. The molecule has 0 fully saturated rings. The van der Waals surface area contributed by atoms with Crippen molar-refractivity contribution in [2.45, 2.75) is 86.5 Å². The van der Waals surface area contributed by atoms with E-state index in [1.807, 2.05) is 12.1 Å². The summed E-state index contributed by atoms with van der Waals surface area (Å²) in [5, 5.41) is 0. The van der Waals surface area contributed by atoms with E-state index in [9.17, 15) is 9.59 Å². The van der Waals surface area contributed by atoms with Crippen molar-refractivity contribution in [1.82, 2.24) is 0 Å². The summed E-state index contributed by atoms with van der Waals surface area (Å²) in [7, 11) is 0. The first-order valence-electron chi connectivity index (χ1n) is 10.5. The van der Waals surface area contributed by atoms with Gasteiger partial charge in [0.2, 0.25) is 0 Å². The molecule has 0 aliphatic rings. The molecule has 0 aliphatic heterocycles. The highest BCUT2D eigenvalue weighted by Crippen LogP contribution is 2.33. The lowest BCUT2D eigenvalue weighted by atomic mass is 10.00. The molecule has 0 heterocycles. The zero-order valence-electron chi connectivity index (χ0n) is 18.9. The van der Waals surface area contributed by atoms with Crippen molar-refractivity contribution in [3.63, 3.8) is 0 Å². The van der Waals surface area contributed by atoms with Crippen molar-refractivity contribution in [3.8, 4) is 11.5 Å². The van der Waals surface area contributed by atoms with Gasteiger partial charge < -0.3 is 9.47 Å². The van der Waals surface area contributed by atoms with Crippen molar-refractivity contribution in [2.75, 3.05) is 0 Å². The molecule has 0 aliphatic carbocycles. The summed E-state index contributed by atoms with van der Waals surface area (Å²) in [5.74, 6) is 0.206. The predicted molar refractivity (Wildman–Crippen MR) is 118 cm³/mol. The summed E-state index contributed by atoms with van der Waals surface area (Å²) in [6, 6.07) is 3.82. The molecule has 0 saturated heterocycles. The first kappa shape index (κ1) is 24.7. The molecule has 0 amide bonds. The Morgan fingerprint density at radius 1 is 0.897 bits per heavy atom. The van der Waals surface area contributed by atoms with Crippen molar-refractivity contribution < 1.29 is 19.1 Å². The second kappa shape index (κ2) is 13.0. The first-order chi connectivity index (χ1) is 13.7. The van der Waals surface area contributed by atoms with Crippen LogP contribution in [0.5, 0.6) is 11.5 Å². The van der Waals surface area contributed by atoms with Gasteiger partial charge in [0.05, 0.1) is 0 Å². The third-order valence-corrected chi connectivity index (χ3v) is 4.55. The fourth-order valence-electron chi connectivity index (χ4n) is 3.06. The fourth-order valence-corrected chi connectivity index (χ4v) is 3.06. The van der Waals surface area contributed by atoms with Crippen LogP contribution in [0.1, 0.15) is 84.8 Å². The quantitative estimate of drug-likeness (QED) is 0.184. The minimum Gasteiger partial charge on any atom is -0.426 e. The number of hydrogen-bond donors (Lipinski definition) is 0. The van der Waals surface area contributed by atoms with Gasteiger partial charge in [0, 0.05) is 19.4 Å². The van der Waals surface area contributed by atoms with Crippen LogP contribution < -0.4 is 9.47 Å². The first-order valence-corrected chi connectivity index (χ1v) is 10.5. The van der Waals surface area contributed by atoms with E-state index < -0.39 is 0 Å². The van der Waals surface area contributed by atoms with Gasteiger partial charge in [0.25, 0.3) is 0 Å². The molecule has 0 aromatic heterocycles. The number of aryl methyl sites for hydroxylation is 1. The van der Waals surface area contributed by atoms with E-state index in [4.69, 9.17) is 9.47 Å². The van der Waals surface area contributed by atoms with Gasteiger partial charge in [-0.15, -0.1) is 0 Å². The number of unbranched alkanes of at least 4 members (excludes halogenated alkanes) is 2. The van der Waals surface area contributed by atoms with Gasteiger partial charge >= 0.3 is 11.9 Å². The van der Waals surface area contributed by atoms with Crippen molar-refractivity contribution in [3.05, 3.63) is 46.6 Å². The molecule has 1 aromatic carbocycles. The maximum absolute atomic E-state index is 11.7. The Hall–Kier alpha value is -2.36. The second-order valence-electron chi connectivity index (χ2n) is 7.79. The normalized spacial score (nSPS) is 11.2. The van der Waals surface area contributed by atoms with Gasteiger partial charge in [-0.25, -0.2) is 0 Å². The molecule has 0 spiro atoms. The molecule has 29 heavy (non-hydrogen) atoms. The van der Waals surface area contributed by atoms with Crippen LogP contribution in [-0.4, -0.2) is 11.9 Å². The van der Waals surface area contributed by atoms with Crippen LogP contribution in [0.3, 0.4) is 0 Å². The lowest BCUT2D eigenvalue weighted by Gasteiger charge is -2.15. The van der Waals surface area contributed by atoms with E-state index >= 15 is 0 Å². The summed E-state index contributed by atoms with van der Waals surface area (Å²) in [6.07, 6.45) is 11.0. The summed E-state index contributed by atoms with van der Waals surface area (Å²) in [6.45, 7) is 11.2. The van der Waals surface area contributed by atoms with Gasteiger partial charge in [-0.1, -0.05) is 43.1 Å². The smallest absolute Gasteiger partial charge is 0.308 e. The lowest BCUT2D eigenvalue weighted by Crippen LogP contribution is -2.09. The van der Waals surface area contributed by atoms with Crippen LogP contribution in [0, 0.1) is 0 Å². The Labute approximate surface area is 176 Å². The van der Waals surface area contributed by atoms with Gasteiger partial charge in [-0.3, -0.25) is 9.59 Å². The Morgan fingerprint density at radius 2 is 1.48 bits per heavy atom. The van der Waals surface area contributed by atoms with Crippen LogP contribution in [-0.2, 0) is 22.4 Å². The SMILES string of the molecule is CCCCCc1cc(OC(C)=O)c(C/C=C(\C)CCC=C(C)C)c(OC(C)=O)c1. The number of hydrogen-bond acceptors (Lipinski definition) is 4. The van der Waals surface area contributed by atoms with Crippen LogP contribution in [0.2, 0.25) is 0 Å². The number of benzene rings is 1. The van der Waals surface area contributed by atoms with E-state index in [-0.39, 0.29) is 11.9 Å². The molecule has 0 saturated carbocycles. The molecular weight excluding hydrogens is 364 g/mol. The molecule has 160 valence electrons. The molecule has 4 nitrogen and oxygen atoms in total. The summed E-state index contributed by atoms with van der Waals surface area (Å²) < 4.78 is 11.0. The Balaban J connectivity index is 3.19. The third-order valence-electron chi connectivity index (χ3n) is 4.55. The van der Waals surface area contributed by atoms with E-state index in [2.05, 4.69) is 39.8 Å². The number of rotatable bonds is 11. The average Bonchev–Trinajstić information content (AvgIpc) is 2.60. The van der Waals surface area contributed by atoms with Crippen molar-refractivity contribution in [2.24, 2.45) is 0 Å². The third kappa shape index (κ3) is 10.1. The largest absolute Gasteiger partial charge is 0.426 e. The highest BCUT2D eigenvalue weighted by atomic mass is 16.5. The van der Waals surface area contributed by atoms with E-state index in [0.717, 1.165) is 49.7 Å². The minimum atomic E-state index is -0.380. The van der Waals surface area contributed by atoms with Gasteiger partial charge in [0.1, 0.15) is 11.5 Å². The number of carbonyl (C=O) groups excluding carboxylic acids is 2. The molecule has 0 radical (unpaired) electrons. The van der Waals surface area contributed by atoms with Crippen molar-refractivity contribution >= 4 is 11.9 Å². The monoisotopic (exact) mass is 400 g/mol. The molecular formula is C25H36O4. The number of esters is 2.